The zero-order valence-corrected chi connectivity index (χ0v) is 11.5. The van der Waals surface area contributed by atoms with Gasteiger partial charge in [-0.1, -0.05) is 6.07 Å². The summed E-state index contributed by atoms with van der Waals surface area (Å²) in [5.41, 5.74) is -0.745. The number of nitrogens with one attached hydrogen (secondary N) is 1. The number of likely N-dealkylation sites (N-methyl/N-ethyl adjacent to an activating group) is 1. The minimum Gasteiger partial charge on any atom is -0.355 e. The van der Waals surface area contributed by atoms with Gasteiger partial charge in [-0.25, -0.2) is 0 Å². The van der Waals surface area contributed by atoms with Gasteiger partial charge in [-0.3, -0.25) is 29.4 Å². The zero-order chi connectivity index (χ0) is 15.7. The van der Waals surface area contributed by atoms with Crippen LogP contribution in [0, 0.1) is 10.1 Å². The van der Waals surface area contributed by atoms with Gasteiger partial charge < -0.3 is 5.32 Å². The average molecular weight is 291 g/mol. The fourth-order valence-electron chi connectivity index (χ4n) is 2.23. The molecule has 3 amide bonds. The van der Waals surface area contributed by atoms with Crippen LogP contribution in [0.5, 0.6) is 0 Å². The number of hydrogen-bond acceptors (Lipinski definition) is 5. The molecule has 1 aliphatic rings. The van der Waals surface area contributed by atoms with Gasteiger partial charge in [-0.05, 0) is 19.9 Å². The maximum Gasteiger partial charge on any atom is 0.282 e. The Morgan fingerprint density at radius 2 is 2.05 bits per heavy atom. The lowest BCUT2D eigenvalue weighted by molar-refractivity contribution is -0.385. The van der Waals surface area contributed by atoms with Crippen molar-refractivity contribution in [2.75, 3.05) is 6.54 Å². The Labute approximate surface area is 119 Å². The van der Waals surface area contributed by atoms with E-state index in [4.69, 9.17) is 0 Å². The number of nitro groups is 1. The highest BCUT2D eigenvalue weighted by Gasteiger charge is 2.44. The molecule has 1 aliphatic heterocycles. The largest absolute Gasteiger partial charge is 0.355 e. The lowest BCUT2D eigenvalue weighted by atomic mass is 10.1. The Morgan fingerprint density at radius 3 is 2.62 bits per heavy atom. The van der Waals surface area contributed by atoms with E-state index >= 15 is 0 Å². The van der Waals surface area contributed by atoms with E-state index in [0.717, 1.165) is 11.0 Å². The Balaban J connectivity index is 2.46. The van der Waals surface area contributed by atoms with Crippen LogP contribution in [0.2, 0.25) is 0 Å². The predicted molar refractivity (Wildman–Crippen MR) is 71.7 cm³/mol. The Morgan fingerprint density at radius 1 is 1.38 bits per heavy atom. The van der Waals surface area contributed by atoms with E-state index in [1.54, 1.807) is 6.92 Å². The third-order valence-corrected chi connectivity index (χ3v) is 3.24. The number of carbonyl (C=O) groups is 3. The van der Waals surface area contributed by atoms with Crippen LogP contribution in [0.4, 0.5) is 5.69 Å². The van der Waals surface area contributed by atoms with Crippen LogP contribution in [0.3, 0.4) is 0 Å². The Kier molecular flexibility index (Phi) is 3.70. The van der Waals surface area contributed by atoms with Crippen molar-refractivity contribution in [2.24, 2.45) is 0 Å². The van der Waals surface area contributed by atoms with Crippen LogP contribution >= 0.6 is 0 Å². The van der Waals surface area contributed by atoms with Gasteiger partial charge in [0.25, 0.3) is 17.5 Å². The van der Waals surface area contributed by atoms with E-state index in [9.17, 15) is 24.5 Å². The molecule has 110 valence electrons. The molecule has 0 aliphatic carbocycles. The molecule has 8 nitrogen and oxygen atoms in total. The van der Waals surface area contributed by atoms with Gasteiger partial charge >= 0.3 is 0 Å². The number of fused-ring (bicyclic) bond motifs is 1. The molecule has 1 heterocycles. The number of benzene rings is 1. The van der Waals surface area contributed by atoms with Crippen molar-refractivity contribution in [3.63, 3.8) is 0 Å². The molecule has 0 saturated heterocycles. The van der Waals surface area contributed by atoms with Crippen molar-refractivity contribution in [3.05, 3.63) is 39.4 Å². The summed E-state index contributed by atoms with van der Waals surface area (Å²) in [6.07, 6.45) is 0. The number of imide groups is 1. The summed E-state index contributed by atoms with van der Waals surface area (Å²) in [6, 6.07) is 2.80. The summed E-state index contributed by atoms with van der Waals surface area (Å²) in [4.78, 5) is 47.3. The zero-order valence-electron chi connectivity index (χ0n) is 11.5. The molecule has 1 unspecified atom stereocenters. The second-order valence-electron chi connectivity index (χ2n) is 4.51. The Bertz CT molecular complexity index is 655. The quantitative estimate of drug-likeness (QED) is 0.499. The maximum absolute atomic E-state index is 12.3. The first kappa shape index (κ1) is 14.6. The molecule has 1 aromatic carbocycles. The van der Waals surface area contributed by atoms with E-state index in [-0.39, 0.29) is 11.1 Å². The smallest absolute Gasteiger partial charge is 0.282 e. The van der Waals surface area contributed by atoms with Crippen LogP contribution in [0.15, 0.2) is 18.2 Å². The number of nitro benzene ring substituents is 1. The normalized spacial score (nSPS) is 14.9. The second kappa shape index (κ2) is 5.31. The summed E-state index contributed by atoms with van der Waals surface area (Å²) in [5.74, 6) is -2.01. The van der Waals surface area contributed by atoms with Gasteiger partial charge in [0, 0.05) is 12.6 Å². The van der Waals surface area contributed by atoms with E-state index in [1.165, 1.54) is 19.1 Å². The van der Waals surface area contributed by atoms with Crippen molar-refractivity contribution in [1.82, 2.24) is 10.2 Å². The third-order valence-electron chi connectivity index (χ3n) is 3.24. The van der Waals surface area contributed by atoms with Gasteiger partial charge in [0.2, 0.25) is 5.91 Å². The minimum absolute atomic E-state index is 0.0506. The van der Waals surface area contributed by atoms with Crippen molar-refractivity contribution in [1.29, 1.82) is 0 Å². The number of nitrogens with zero attached hydrogens (tertiary/aromatic N) is 2. The number of amides is 3. The maximum atomic E-state index is 12.3. The summed E-state index contributed by atoms with van der Waals surface area (Å²) in [7, 11) is 0. The van der Waals surface area contributed by atoms with Crippen molar-refractivity contribution in [3.8, 4) is 0 Å². The van der Waals surface area contributed by atoms with Gasteiger partial charge in [-0.15, -0.1) is 0 Å². The topological polar surface area (TPSA) is 110 Å². The van der Waals surface area contributed by atoms with Crippen molar-refractivity contribution >= 4 is 23.4 Å². The van der Waals surface area contributed by atoms with Gasteiger partial charge in [-0.2, -0.15) is 0 Å². The lowest BCUT2D eigenvalue weighted by Crippen LogP contribution is -2.47. The molecule has 0 bridgehead atoms. The van der Waals surface area contributed by atoms with E-state index in [1.807, 2.05) is 0 Å². The average Bonchev–Trinajstić information content (AvgIpc) is 2.70. The molecule has 0 fully saturated rings. The van der Waals surface area contributed by atoms with Crippen LogP contribution in [-0.2, 0) is 4.79 Å². The minimum atomic E-state index is -1.03. The van der Waals surface area contributed by atoms with E-state index in [0.29, 0.717) is 6.54 Å². The molecule has 0 spiro atoms. The molecule has 0 aromatic heterocycles. The number of hydrogen-bond donors (Lipinski definition) is 1. The molecule has 2 rings (SSSR count). The summed E-state index contributed by atoms with van der Waals surface area (Å²) in [5, 5.41) is 13.5. The first-order valence-electron chi connectivity index (χ1n) is 6.33. The van der Waals surface area contributed by atoms with Gasteiger partial charge in [0.05, 0.1) is 10.5 Å². The fourth-order valence-corrected chi connectivity index (χ4v) is 2.23. The lowest BCUT2D eigenvalue weighted by Gasteiger charge is -2.21. The molecule has 1 N–H and O–H groups in total. The highest BCUT2D eigenvalue weighted by atomic mass is 16.6. The summed E-state index contributed by atoms with van der Waals surface area (Å²) in [6.45, 7) is 3.46. The molecule has 0 saturated carbocycles. The molecule has 1 aromatic rings. The predicted octanol–water partition coefficient (Wildman–Crippen LogP) is 0.715. The monoisotopic (exact) mass is 291 g/mol. The van der Waals surface area contributed by atoms with Gasteiger partial charge in [0.15, 0.2) is 0 Å². The van der Waals surface area contributed by atoms with E-state index in [2.05, 4.69) is 5.32 Å². The standard InChI is InChI=1S/C13H13N3O5/c1-3-14-11(17)7(2)15-12(18)8-5-4-6-9(16(20)21)10(8)13(15)19/h4-7H,3H2,1-2H3,(H,14,17). The first-order valence-corrected chi connectivity index (χ1v) is 6.33. The van der Waals surface area contributed by atoms with Gasteiger partial charge in [0.1, 0.15) is 11.6 Å². The van der Waals surface area contributed by atoms with Crippen LogP contribution < -0.4 is 5.32 Å². The second-order valence-corrected chi connectivity index (χ2v) is 4.51. The van der Waals surface area contributed by atoms with Crippen molar-refractivity contribution in [2.45, 2.75) is 19.9 Å². The number of carbonyl (C=O) groups excluding carboxylic acids is 3. The van der Waals surface area contributed by atoms with Crippen LogP contribution in [0.25, 0.3) is 0 Å². The third kappa shape index (κ3) is 2.24. The summed E-state index contributed by atoms with van der Waals surface area (Å²) < 4.78 is 0. The molecule has 21 heavy (non-hydrogen) atoms. The van der Waals surface area contributed by atoms with Crippen LogP contribution in [-0.4, -0.2) is 40.1 Å². The van der Waals surface area contributed by atoms with Crippen LogP contribution in [0.1, 0.15) is 34.6 Å². The molecule has 1 atom stereocenters. The van der Waals surface area contributed by atoms with E-state index < -0.39 is 34.4 Å². The fraction of sp³-hybridized carbons (Fsp3) is 0.308. The highest BCUT2D eigenvalue weighted by molar-refractivity contribution is 6.24. The molecular formula is C13H13N3O5. The summed E-state index contributed by atoms with van der Waals surface area (Å²) >= 11 is 0. The van der Waals surface area contributed by atoms with Crippen molar-refractivity contribution < 1.29 is 19.3 Å². The molecule has 8 heteroatoms. The number of rotatable bonds is 4. The SMILES string of the molecule is CCNC(=O)C(C)N1C(=O)c2cccc([N+](=O)[O-])c2C1=O. The molecular weight excluding hydrogens is 278 g/mol. The first-order chi connectivity index (χ1) is 9.90. The molecule has 0 radical (unpaired) electrons. The highest BCUT2D eigenvalue weighted by Crippen LogP contribution is 2.31. The Hall–Kier alpha value is -2.77.